The topological polar surface area (TPSA) is 6.48 Å². The van der Waals surface area contributed by atoms with Crippen LogP contribution in [0.3, 0.4) is 0 Å². The molecule has 0 spiro atoms. The van der Waals surface area contributed by atoms with Gasteiger partial charge in [0.05, 0.1) is 0 Å². The third-order valence-corrected chi connectivity index (χ3v) is 4.31. The minimum Gasteiger partial charge on any atom is -0.378 e. The number of anilines is 1. The Labute approximate surface area is 124 Å². The molecule has 2 nitrogen and oxygen atoms in total. The third-order valence-electron chi connectivity index (χ3n) is 4.31. The van der Waals surface area contributed by atoms with E-state index in [0.717, 1.165) is 12.6 Å². The van der Waals surface area contributed by atoms with Gasteiger partial charge in [-0.3, -0.25) is 4.90 Å². The van der Waals surface area contributed by atoms with Gasteiger partial charge < -0.3 is 4.90 Å². The van der Waals surface area contributed by atoms with Crippen LogP contribution in [0.15, 0.2) is 30.3 Å². The molecular formula is C18H28N2. The lowest BCUT2D eigenvalue weighted by Gasteiger charge is -2.30. The summed E-state index contributed by atoms with van der Waals surface area (Å²) in [5.74, 6) is 0. The molecule has 1 aromatic carbocycles. The molecule has 2 rings (SSSR count). The van der Waals surface area contributed by atoms with Crippen LogP contribution in [0.4, 0.5) is 5.69 Å². The summed E-state index contributed by atoms with van der Waals surface area (Å²) in [6, 6.07) is 9.51. The second-order valence-electron chi connectivity index (χ2n) is 6.12. The van der Waals surface area contributed by atoms with Crippen molar-refractivity contribution in [3.8, 4) is 0 Å². The zero-order valence-corrected chi connectivity index (χ0v) is 13.2. The van der Waals surface area contributed by atoms with E-state index in [4.69, 9.17) is 0 Å². The molecule has 0 unspecified atom stereocenters. The van der Waals surface area contributed by atoms with Crippen molar-refractivity contribution < 1.29 is 0 Å². The lowest BCUT2D eigenvalue weighted by molar-refractivity contribution is 0.209. The standard InChI is InChI=1S/C18H28N2/c1-19(2)17-13-11-16(12-14-17)8-7-15-20(3)18-9-5-4-6-10-18/h7-8,11-14,18H,4-6,9-10,15H2,1-3H3. The van der Waals surface area contributed by atoms with Gasteiger partial charge in [-0.15, -0.1) is 0 Å². The van der Waals surface area contributed by atoms with Gasteiger partial charge in [-0.25, -0.2) is 0 Å². The van der Waals surface area contributed by atoms with Crippen molar-refractivity contribution >= 4 is 11.8 Å². The highest BCUT2D eigenvalue weighted by atomic mass is 15.1. The molecular weight excluding hydrogens is 244 g/mol. The first kappa shape index (κ1) is 15.1. The average molecular weight is 272 g/mol. The molecule has 0 aromatic heterocycles. The van der Waals surface area contributed by atoms with Crippen LogP contribution in [0.25, 0.3) is 6.08 Å². The predicted octanol–water partition coefficient (Wildman–Crippen LogP) is 4.03. The van der Waals surface area contributed by atoms with E-state index in [-0.39, 0.29) is 0 Å². The van der Waals surface area contributed by atoms with Gasteiger partial charge in [0.25, 0.3) is 0 Å². The molecule has 0 saturated heterocycles. The number of rotatable bonds is 5. The van der Waals surface area contributed by atoms with E-state index in [9.17, 15) is 0 Å². The highest BCUT2D eigenvalue weighted by Crippen LogP contribution is 2.21. The third kappa shape index (κ3) is 4.38. The maximum absolute atomic E-state index is 2.50. The van der Waals surface area contributed by atoms with Crippen molar-refractivity contribution in [1.29, 1.82) is 0 Å². The van der Waals surface area contributed by atoms with E-state index in [0.29, 0.717) is 0 Å². The van der Waals surface area contributed by atoms with Crippen LogP contribution in [-0.4, -0.2) is 38.6 Å². The molecule has 2 heteroatoms. The Balaban J connectivity index is 1.83. The molecule has 0 N–H and O–H groups in total. The molecule has 0 radical (unpaired) electrons. The number of hydrogen-bond acceptors (Lipinski definition) is 2. The first-order valence-corrected chi connectivity index (χ1v) is 7.81. The second kappa shape index (κ2) is 7.49. The molecule has 0 heterocycles. The van der Waals surface area contributed by atoms with Crippen molar-refractivity contribution in [2.45, 2.75) is 38.1 Å². The van der Waals surface area contributed by atoms with Crippen molar-refractivity contribution in [3.63, 3.8) is 0 Å². The zero-order valence-electron chi connectivity index (χ0n) is 13.2. The zero-order chi connectivity index (χ0) is 14.4. The lowest BCUT2D eigenvalue weighted by atomic mass is 9.94. The summed E-state index contributed by atoms with van der Waals surface area (Å²) in [4.78, 5) is 4.63. The van der Waals surface area contributed by atoms with Gasteiger partial charge in [0.2, 0.25) is 0 Å². The average Bonchev–Trinajstić information content (AvgIpc) is 2.48. The molecule has 1 aliphatic rings. The Morgan fingerprint density at radius 3 is 2.25 bits per heavy atom. The highest BCUT2D eigenvalue weighted by molar-refractivity contribution is 5.55. The van der Waals surface area contributed by atoms with E-state index >= 15 is 0 Å². The summed E-state index contributed by atoms with van der Waals surface area (Å²) in [6.07, 6.45) is 11.5. The van der Waals surface area contributed by atoms with Crippen LogP contribution in [0, 0.1) is 0 Å². The van der Waals surface area contributed by atoms with Gasteiger partial charge in [-0.2, -0.15) is 0 Å². The molecule has 1 fully saturated rings. The Bertz CT molecular complexity index is 414. The Kier molecular flexibility index (Phi) is 5.66. The molecule has 0 amide bonds. The van der Waals surface area contributed by atoms with Gasteiger partial charge in [0.1, 0.15) is 0 Å². The van der Waals surface area contributed by atoms with Crippen LogP contribution >= 0.6 is 0 Å². The second-order valence-corrected chi connectivity index (χ2v) is 6.12. The van der Waals surface area contributed by atoms with E-state index < -0.39 is 0 Å². The van der Waals surface area contributed by atoms with Gasteiger partial charge in [0.15, 0.2) is 0 Å². The SMILES string of the molecule is CN(C)c1ccc(C=CCN(C)C2CCCCC2)cc1. The summed E-state index contributed by atoms with van der Waals surface area (Å²) in [7, 11) is 6.41. The molecule has 20 heavy (non-hydrogen) atoms. The van der Waals surface area contributed by atoms with Crippen molar-refractivity contribution in [2.75, 3.05) is 32.6 Å². The summed E-state index contributed by atoms with van der Waals surface area (Å²) in [5, 5.41) is 0. The maximum atomic E-state index is 2.50. The molecule has 0 aliphatic heterocycles. The van der Waals surface area contributed by atoms with Gasteiger partial charge in [0, 0.05) is 32.4 Å². The summed E-state index contributed by atoms with van der Waals surface area (Å²) < 4.78 is 0. The van der Waals surface area contributed by atoms with Crippen LogP contribution in [0.2, 0.25) is 0 Å². The molecule has 110 valence electrons. The normalized spacial score (nSPS) is 17.0. The van der Waals surface area contributed by atoms with Crippen LogP contribution in [0.1, 0.15) is 37.7 Å². The van der Waals surface area contributed by atoms with Gasteiger partial charge in [-0.05, 0) is 37.6 Å². The monoisotopic (exact) mass is 272 g/mol. The molecule has 0 bridgehead atoms. The van der Waals surface area contributed by atoms with Crippen molar-refractivity contribution in [3.05, 3.63) is 35.9 Å². The quantitative estimate of drug-likeness (QED) is 0.798. The molecule has 0 atom stereocenters. The Hall–Kier alpha value is -1.28. The Morgan fingerprint density at radius 2 is 1.65 bits per heavy atom. The van der Waals surface area contributed by atoms with Crippen LogP contribution in [-0.2, 0) is 0 Å². The number of benzene rings is 1. The van der Waals surface area contributed by atoms with E-state index in [1.54, 1.807) is 0 Å². The van der Waals surface area contributed by atoms with E-state index in [2.05, 4.69) is 67.4 Å². The summed E-state index contributed by atoms with van der Waals surface area (Å²) >= 11 is 0. The fourth-order valence-corrected chi connectivity index (χ4v) is 2.91. The molecule has 1 saturated carbocycles. The summed E-state index contributed by atoms with van der Waals surface area (Å²) in [6.45, 7) is 1.06. The maximum Gasteiger partial charge on any atom is 0.0361 e. The van der Waals surface area contributed by atoms with Crippen LogP contribution < -0.4 is 4.90 Å². The lowest BCUT2D eigenvalue weighted by Crippen LogP contribution is -2.33. The van der Waals surface area contributed by atoms with E-state index in [1.165, 1.54) is 43.4 Å². The highest BCUT2D eigenvalue weighted by Gasteiger charge is 2.16. The number of nitrogens with zero attached hydrogens (tertiary/aromatic N) is 2. The first-order chi connectivity index (χ1) is 9.66. The molecule has 1 aliphatic carbocycles. The summed E-state index contributed by atoms with van der Waals surface area (Å²) in [5.41, 5.74) is 2.54. The molecule has 1 aromatic rings. The van der Waals surface area contributed by atoms with Gasteiger partial charge >= 0.3 is 0 Å². The van der Waals surface area contributed by atoms with Crippen LogP contribution in [0.5, 0.6) is 0 Å². The largest absolute Gasteiger partial charge is 0.378 e. The number of likely N-dealkylation sites (N-methyl/N-ethyl adjacent to an activating group) is 1. The first-order valence-electron chi connectivity index (χ1n) is 7.81. The minimum atomic E-state index is 0.796. The van der Waals surface area contributed by atoms with Crippen molar-refractivity contribution in [1.82, 2.24) is 4.90 Å². The minimum absolute atomic E-state index is 0.796. The Morgan fingerprint density at radius 1 is 1.00 bits per heavy atom. The fourth-order valence-electron chi connectivity index (χ4n) is 2.91. The fraction of sp³-hybridized carbons (Fsp3) is 0.556. The van der Waals surface area contributed by atoms with Crippen molar-refractivity contribution in [2.24, 2.45) is 0 Å². The smallest absolute Gasteiger partial charge is 0.0361 e. The predicted molar refractivity (Wildman–Crippen MR) is 89.3 cm³/mol. The number of hydrogen-bond donors (Lipinski definition) is 0. The van der Waals surface area contributed by atoms with E-state index in [1.807, 2.05) is 0 Å². The van der Waals surface area contributed by atoms with Gasteiger partial charge in [-0.1, -0.05) is 43.5 Å².